The van der Waals surface area contributed by atoms with E-state index in [9.17, 15) is 0 Å². The Morgan fingerprint density at radius 2 is 1.67 bits per heavy atom. The Kier molecular flexibility index (Phi) is 8.70. The summed E-state index contributed by atoms with van der Waals surface area (Å²) in [5, 5.41) is 3.53. The van der Waals surface area contributed by atoms with Crippen molar-refractivity contribution >= 4 is 0 Å². The lowest BCUT2D eigenvalue weighted by molar-refractivity contribution is 0.196. The predicted molar refractivity (Wildman–Crippen MR) is 79.0 cm³/mol. The van der Waals surface area contributed by atoms with Crippen LogP contribution in [0.5, 0.6) is 0 Å². The van der Waals surface area contributed by atoms with Crippen molar-refractivity contribution in [2.45, 2.75) is 71.1 Å². The second-order valence-corrected chi connectivity index (χ2v) is 6.04. The van der Waals surface area contributed by atoms with Crippen LogP contribution in [0.3, 0.4) is 0 Å². The molecule has 0 unspecified atom stereocenters. The van der Waals surface area contributed by atoms with E-state index in [1.165, 1.54) is 70.8 Å². The van der Waals surface area contributed by atoms with Gasteiger partial charge >= 0.3 is 0 Å². The number of unbranched alkanes of at least 4 members (excludes halogenated alkanes) is 6. The van der Waals surface area contributed by atoms with Crippen molar-refractivity contribution in [2.75, 3.05) is 26.8 Å². The van der Waals surface area contributed by atoms with Crippen LogP contribution in [0.15, 0.2) is 0 Å². The van der Waals surface area contributed by atoms with E-state index in [0.29, 0.717) is 5.41 Å². The fourth-order valence-corrected chi connectivity index (χ4v) is 2.68. The van der Waals surface area contributed by atoms with Gasteiger partial charge in [0.2, 0.25) is 0 Å². The van der Waals surface area contributed by atoms with Crippen LogP contribution in [0.4, 0.5) is 0 Å². The molecule has 0 aromatic carbocycles. The summed E-state index contributed by atoms with van der Waals surface area (Å²) in [6.07, 6.45) is 14.4. The van der Waals surface area contributed by atoms with Crippen LogP contribution in [-0.4, -0.2) is 26.8 Å². The van der Waals surface area contributed by atoms with Crippen molar-refractivity contribution in [3.05, 3.63) is 0 Å². The minimum atomic E-state index is 0.678. The van der Waals surface area contributed by atoms with Gasteiger partial charge in [-0.05, 0) is 24.7 Å². The molecule has 1 rings (SSSR count). The maximum absolute atomic E-state index is 5.06. The zero-order chi connectivity index (χ0) is 13.1. The van der Waals surface area contributed by atoms with E-state index in [4.69, 9.17) is 4.74 Å². The Balaban J connectivity index is 1.88. The SMILES string of the molecule is CCCCCCCCCC1(CNCCOC)CC1. The van der Waals surface area contributed by atoms with E-state index < -0.39 is 0 Å². The summed E-state index contributed by atoms with van der Waals surface area (Å²) < 4.78 is 5.06. The molecule has 0 radical (unpaired) electrons. The van der Waals surface area contributed by atoms with Crippen LogP contribution < -0.4 is 5.32 Å². The second-order valence-electron chi connectivity index (χ2n) is 6.04. The number of ether oxygens (including phenoxy) is 1. The van der Waals surface area contributed by atoms with Crippen molar-refractivity contribution in [3.63, 3.8) is 0 Å². The van der Waals surface area contributed by atoms with Gasteiger partial charge in [0.05, 0.1) is 6.61 Å². The average molecular weight is 255 g/mol. The largest absolute Gasteiger partial charge is 0.383 e. The topological polar surface area (TPSA) is 21.3 Å². The third kappa shape index (κ3) is 7.38. The summed E-state index contributed by atoms with van der Waals surface area (Å²) in [5.41, 5.74) is 0.678. The third-order valence-electron chi connectivity index (χ3n) is 4.25. The molecule has 0 heterocycles. The van der Waals surface area contributed by atoms with Crippen LogP contribution in [0.25, 0.3) is 0 Å². The summed E-state index contributed by atoms with van der Waals surface area (Å²) in [5.74, 6) is 0. The lowest BCUT2D eigenvalue weighted by atomic mass is 9.97. The fraction of sp³-hybridized carbons (Fsp3) is 1.00. The normalized spacial score (nSPS) is 17.0. The first-order chi connectivity index (χ1) is 8.83. The lowest BCUT2D eigenvalue weighted by Gasteiger charge is -2.15. The molecule has 0 bridgehead atoms. The van der Waals surface area contributed by atoms with Crippen molar-refractivity contribution in [2.24, 2.45) is 5.41 Å². The number of hydrogen-bond acceptors (Lipinski definition) is 2. The van der Waals surface area contributed by atoms with E-state index in [0.717, 1.165) is 13.2 Å². The predicted octanol–water partition coefficient (Wildman–Crippen LogP) is 4.14. The first kappa shape index (κ1) is 16.0. The van der Waals surface area contributed by atoms with Gasteiger partial charge in [-0.2, -0.15) is 0 Å². The smallest absolute Gasteiger partial charge is 0.0587 e. The minimum absolute atomic E-state index is 0.678. The number of hydrogen-bond donors (Lipinski definition) is 1. The first-order valence-electron chi connectivity index (χ1n) is 8.03. The van der Waals surface area contributed by atoms with Crippen molar-refractivity contribution < 1.29 is 4.74 Å². The Hall–Kier alpha value is -0.0800. The zero-order valence-corrected chi connectivity index (χ0v) is 12.6. The standard InChI is InChI=1S/C16H33NO/c1-3-4-5-6-7-8-9-10-16(11-12-16)15-17-13-14-18-2/h17H,3-15H2,1-2H3. The van der Waals surface area contributed by atoms with E-state index in [2.05, 4.69) is 12.2 Å². The van der Waals surface area contributed by atoms with Gasteiger partial charge in [0.25, 0.3) is 0 Å². The highest BCUT2D eigenvalue weighted by molar-refractivity contribution is 4.94. The molecule has 1 N–H and O–H groups in total. The Labute approximate surface area is 114 Å². The van der Waals surface area contributed by atoms with Gasteiger partial charge < -0.3 is 10.1 Å². The fourth-order valence-electron chi connectivity index (χ4n) is 2.68. The summed E-state index contributed by atoms with van der Waals surface area (Å²) in [4.78, 5) is 0. The molecule has 1 aliphatic carbocycles. The van der Waals surface area contributed by atoms with Crippen molar-refractivity contribution in [3.8, 4) is 0 Å². The Morgan fingerprint density at radius 3 is 2.28 bits per heavy atom. The van der Waals surface area contributed by atoms with Gasteiger partial charge in [-0.1, -0.05) is 51.9 Å². The zero-order valence-electron chi connectivity index (χ0n) is 12.6. The van der Waals surface area contributed by atoms with Gasteiger partial charge in [0.15, 0.2) is 0 Å². The molecule has 108 valence electrons. The second kappa shape index (κ2) is 9.80. The maximum Gasteiger partial charge on any atom is 0.0587 e. The minimum Gasteiger partial charge on any atom is -0.383 e. The quantitative estimate of drug-likeness (QED) is 0.499. The number of rotatable bonds is 13. The molecule has 0 amide bonds. The molecule has 18 heavy (non-hydrogen) atoms. The molecule has 0 spiro atoms. The van der Waals surface area contributed by atoms with E-state index >= 15 is 0 Å². The molecule has 0 aromatic rings. The number of nitrogens with one attached hydrogen (secondary N) is 1. The van der Waals surface area contributed by atoms with Crippen LogP contribution in [0.1, 0.15) is 71.1 Å². The van der Waals surface area contributed by atoms with Crippen LogP contribution in [0, 0.1) is 5.41 Å². The number of methoxy groups -OCH3 is 1. The van der Waals surface area contributed by atoms with E-state index in [1.807, 2.05) is 0 Å². The van der Waals surface area contributed by atoms with E-state index in [1.54, 1.807) is 7.11 Å². The lowest BCUT2D eigenvalue weighted by Crippen LogP contribution is -2.27. The van der Waals surface area contributed by atoms with Crippen LogP contribution >= 0.6 is 0 Å². The van der Waals surface area contributed by atoms with E-state index in [-0.39, 0.29) is 0 Å². The molecular formula is C16H33NO. The molecule has 1 saturated carbocycles. The van der Waals surface area contributed by atoms with Gasteiger partial charge in [0, 0.05) is 20.2 Å². The highest BCUT2D eigenvalue weighted by Crippen LogP contribution is 2.49. The summed E-state index contributed by atoms with van der Waals surface area (Å²) >= 11 is 0. The van der Waals surface area contributed by atoms with Gasteiger partial charge in [0.1, 0.15) is 0 Å². The Morgan fingerprint density at radius 1 is 1.00 bits per heavy atom. The first-order valence-corrected chi connectivity index (χ1v) is 8.03. The molecule has 0 aromatic heterocycles. The Bertz CT molecular complexity index is 190. The molecule has 0 aliphatic heterocycles. The monoisotopic (exact) mass is 255 g/mol. The van der Waals surface area contributed by atoms with Gasteiger partial charge in [-0.15, -0.1) is 0 Å². The molecule has 2 heteroatoms. The average Bonchev–Trinajstić information content (AvgIpc) is 3.14. The van der Waals surface area contributed by atoms with Crippen LogP contribution in [0.2, 0.25) is 0 Å². The molecule has 0 atom stereocenters. The molecule has 1 aliphatic rings. The van der Waals surface area contributed by atoms with Gasteiger partial charge in [-0.25, -0.2) is 0 Å². The highest BCUT2D eigenvalue weighted by atomic mass is 16.5. The molecule has 0 saturated heterocycles. The summed E-state index contributed by atoms with van der Waals surface area (Å²) in [6.45, 7) is 5.35. The summed E-state index contributed by atoms with van der Waals surface area (Å²) in [7, 11) is 1.77. The molecular weight excluding hydrogens is 222 g/mol. The van der Waals surface area contributed by atoms with Crippen molar-refractivity contribution in [1.29, 1.82) is 0 Å². The van der Waals surface area contributed by atoms with Gasteiger partial charge in [-0.3, -0.25) is 0 Å². The third-order valence-corrected chi connectivity index (χ3v) is 4.25. The molecule has 2 nitrogen and oxygen atoms in total. The van der Waals surface area contributed by atoms with Crippen LogP contribution in [-0.2, 0) is 4.74 Å². The molecule has 1 fully saturated rings. The maximum atomic E-state index is 5.06. The highest BCUT2D eigenvalue weighted by Gasteiger charge is 2.40. The van der Waals surface area contributed by atoms with Crippen molar-refractivity contribution in [1.82, 2.24) is 5.32 Å². The summed E-state index contributed by atoms with van der Waals surface area (Å²) in [6, 6.07) is 0.